The first-order valence-corrected chi connectivity index (χ1v) is 5.10. The summed E-state index contributed by atoms with van der Waals surface area (Å²) in [6, 6.07) is 1.76. The molecule has 0 bridgehead atoms. The third-order valence-corrected chi connectivity index (χ3v) is 3.32. The number of carbonyl (C=O) groups is 1. The molecule has 12 heavy (non-hydrogen) atoms. The highest BCUT2D eigenvalue weighted by Gasteiger charge is 2.29. The number of ketones is 1. The summed E-state index contributed by atoms with van der Waals surface area (Å²) in [6.45, 7) is 2.88. The molecular weight excluding hydrogens is 240 g/mol. The van der Waals surface area contributed by atoms with Crippen molar-refractivity contribution >= 4 is 33.0 Å². The van der Waals surface area contributed by atoms with Crippen molar-refractivity contribution in [1.82, 2.24) is 0 Å². The van der Waals surface area contributed by atoms with Crippen molar-refractivity contribution in [3.63, 3.8) is 0 Å². The molecule has 1 aromatic rings. The van der Waals surface area contributed by atoms with E-state index in [0.717, 1.165) is 3.79 Å². The number of carbonyl (C=O) groups excluding carboxylic acids is 1. The topological polar surface area (TPSA) is 37.3 Å². The monoisotopic (exact) mass is 248 g/mol. The molecule has 0 saturated carbocycles. The van der Waals surface area contributed by atoms with Gasteiger partial charge in [0.1, 0.15) is 5.60 Å². The van der Waals surface area contributed by atoms with E-state index in [-0.39, 0.29) is 5.78 Å². The van der Waals surface area contributed by atoms with Gasteiger partial charge in [0.05, 0.1) is 3.79 Å². The molecule has 0 aliphatic heterocycles. The van der Waals surface area contributed by atoms with Crippen LogP contribution in [0.3, 0.4) is 0 Å². The van der Waals surface area contributed by atoms with Gasteiger partial charge in [-0.15, -0.1) is 11.3 Å². The first-order chi connectivity index (χ1) is 5.44. The summed E-state index contributed by atoms with van der Waals surface area (Å²) in [5.41, 5.74) is -0.699. The van der Waals surface area contributed by atoms with Gasteiger partial charge in [-0.05, 0) is 41.2 Å². The summed E-state index contributed by atoms with van der Waals surface area (Å²) in [6.07, 6.45) is 0. The van der Waals surface area contributed by atoms with Crippen molar-refractivity contribution < 1.29 is 9.90 Å². The Hall–Kier alpha value is -0.190. The number of rotatable bonds is 2. The van der Waals surface area contributed by atoms with Gasteiger partial charge >= 0.3 is 0 Å². The Kier molecular flexibility index (Phi) is 2.70. The Morgan fingerprint density at radius 2 is 2.33 bits per heavy atom. The summed E-state index contributed by atoms with van der Waals surface area (Å²) >= 11 is 4.72. The maximum atomic E-state index is 11.0. The normalized spacial score (nSPS) is 15.7. The fraction of sp³-hybridized carbons (Fsp3) is 0.375. The molecule has 1 N–H and O–H groups in total. The van der Waals surface area contributed by atoms with Crippen molar-refractivity contribution in [2.45, 2.75) is 19.4 Å². The zero-order valence-corrected chi connectivity index (χ0v) is 9.20. The maximum absolute atomic E-state index is 11.0. The van der Waals surface area contributed by atoms with Crippen molar-refractivity contribution in [3.05, 3.63) is 20.8 Å². The molecule has 1 unspecified atom stereocenters. The van der Waals surface area contributed by atoms with Crippen LogP contribution in [0.2, 0.25) is 0 Å². The maximum Gasteiger partial charge on any atom is 0.165 e. The standard InChI is InChI=1S/C8H9BrO2S/c1-5(10)8(2,11)6-3-7(9)12-4-6/h3-4,11H,1-2H3. The molecule has 4 heteroatoms. The summed E-state index contributed by atoms with van der Waals surface area (Å²) in [4.78, 5) is 11.0. The van der Waals surface area contributed by atoms with Gasteiger partial charge in [-0.1, -0.05) is 0 Å². The second-order valence-electron chi connectivity index (χ2n) is 2.77. The molecule has 0 fully saturated rings. The Morgan fingerprint density at radius 3 is 2.67 bits per heavy atom. The third kappa shape index (κ3) is 1.76. The Labute approximate surface area is 83.4 Å². The van der Waals surface area contributed by atoms with Crippen molar-refractivity contribution in [2.75, 3.05) is 0 Å². The average molecular weight is 249 g/mol. The number of hydrogen-bond acceptors (Lipinski definition) is 3. The predicted octanol–water partition coefficient (Wildman–Crippen LogP) is 2.31. The fourth-order valence-electron chi connectivity index (χ4n) is 0.769. The minimum atomic E-state index is -1.34. The Morgan fingerprint density at radius 1 is 1.75 bits per heavy atom. The lowest BCUT2D eigenvalue weighted by molar-refractivity contribution is -0.134. The largest absolute Gasteiger partial charge is 0.378 e. The predicted molar refractivity (Wildman–Crippen MR) is 52.3 cm³/mol. The van der Waals surface area contributed by atoms with E-state index in [1.807, 2.05) is 0 Å². The molecule has 0 aromatic carbocycles. The summed E-state index contributed by atoms with van der Waals surface area (Å²) in [7, 11) is 0. The molecule has 2 nitrogen and oxygen atoms in total. The fourth-order valence-corrected chi connectivity index (χ4v) is 2.03. The second kappa shape index (κ2) is 3.28. The Balaban J connectivity index is 3.05. The molecule has 1 heterocycles. The van der Waals surface area contributed by atoms with Crippen LogP contribution >= 0.6 is 27.3 Å². The zero-order chi connectivity index (χ0) is 9.35. The molecule has 0 aliphatic rings. The molecule has 0 spiro atoms. The van der Waals surface area contributed by atoms with Crippen LogP contribution in [-0.2, 0) is 10.4 Å². The van der Waals surface area contributed by atoms with E-state index >= 15 is 0 Å². The highest BCUT2D eigenvalue weighted by atomic mass is 79.9. The molecule has 1 aromatic heterocycles. The van der Waals surface area contributed by atoms with Crippen LogP contribution in [-0.4, -0.2) is 10.9 Å². The van der Waals surface area contributed by atoms with Gasteiger partial charge in [0.15, 0.2) is 5.78 Å². The van der Waals surface area contributed by atoms with E-state index in [9.17, 15) is 9.90 Å². The van der Waals surface area contributed by atoms with Crippen LogP contribution in [0.4, 0.5) is 0 Å². The smallest absolute Gasteiger partial charge is 0.165 e. The summed E-state index contributed by atoms with van der Waals surface area (Å²) in [5.74, 6) is -0.243. The summed E-state index contributed by atoms with van der Waals surface area (Å²) in [5, 5.41) is 11.5. The minimum Gasteiger partial charge on any atom is -0.378 e. The van der Waals surface area contributed by atoms with E-state index in [2.05, 4.69) is 15.9 Å². The lowest BCUT2D eigenvalue weighted by Gasteiger charge is -2.17. The zero-order valence-electron chi connectivity index (χ0n) is 6.80. The quantitative estimate of drug-likeness (QED) is 0.873. The van der Waals surface area contributed by atoms with Crippen LogP contribution in [0, 0.1) is 0 Å². The van der Waals surface area contributed by atoms with E-state index in [0.29, 0.717) is 5.56 Å². The van der Waals surface area contributed by atoms with Crippen LogP contribution in [0.5, 0.6) is 0 Å². The van der Waals surface area contributed by atoms with E-state index in [1.165, 1.54) is 25.2 Å². The lowest BCUT2D eigenvalue weighted by atomic mass is 9.95. The number of Topliss-reactive ketones (excluding diaryl/α,β-unsaturated/α-hetero) is 1. The van der Waals surface area contributed by atoms with E-state index in [1.54, 1.807) is 11.4 Å². The van der Waals surface area contributed by atoms with Gasteiger partial charge < -0.3 is 5.11 Å². The SMILES string of the molecule is CC(=O)C(C)(O)c1csc(Br)c1. The number of hydrogen-bond donors (Lipinski definition) is 1. The van der Waals surface area contributed by atoms with Gasteiger partial charge in [-0.2, -0.15) is 0 Å². The van der Waals surface area contributed by atoms with Crippen LogP contribution in [0.1, 0.15) is 19.4 Å². The first-order valence-electron chi connectivity index (χ1n) is 3.42. The van der Waals surface area contributed by atoms with E-state index in [4.69, 9.17) is 0 Å². The van der Waals surface area contributed by atoms with Gasteiger partial charge in [-0.25, -0.2) is 0 Å². The number of halogens is 1. The van der Waals surface area contributed by atoms with Gasteiger partial charge in [0, 0.05) is 5.56 Å². The Bertz CT molecular complexity index is 304. The van der Waals surface area contributed by atoms with Gasteiger partial charge in [0.25, 0.3) is 0 Å². The average Bonchev–Trinajstić information content (AvgIpc) is 2.35. The molecule has 1 atom stereocenters. The van der Waals surface area contributed by atoms with Crippen LogP contribution in [0.15, 0.2) is 15.2 Å². The number of aliphatic hydroxyl groups is 1. The van der Waals surface area contributed by atoms with Crippen LogP contribution in [0.25, 0.3) is 0 Å². The van der Waals surface area contributed by atoms with Crippen molar-refractivity contribution in [3.8, 4) is 0 Å². The van der Waals surface area contributed by atoms with Crippen LogP contribution < -0.4 is 0 Å². The molecule has 0 aliphatic carbocycles. The molecular formula is C8H9BrO2S. The molecule has 0 amide bonds. The third-order valence-electron chi connectivity index (χ3n) is 1.82. The molecule has 1 rings (SSSR count). The first kappa shape index (κ1) is 9.89. The van der Waals surface area contributed by atoms with Gasteiger partial charge in [0.2, 0.25) is 0 Å². The number of thiophene rings is 1. The minimum absolute atomic E-state index is 0.243. The molecule has 66 valence electrons. The summed E-state index contributed by atoms with van der Waals surface area (Å²) < 4.78 is 0.916. The van der Waals surface area contributed by atoms with Gasteiger partial charge in [-0.3, -0.25) is 4.79 Å². The lowest BCUT2D eigenvalue weighted by Crippen LogP contribution is -2.29. The van der Waals surface area contributed by atoms with Crippen molar-refractivity contribution in [1.29, 1.82) is 0 Å². The molecule has 0 radical (unpaired) electrons. The highest BCUT2D eigenvalue weighted by molar-refractivity contribution is 9.11. The highest BCUT2D eigenvalue weighted by Crippen LogP contribution is 2.29. The molecule has 0 saturated heterocycles. The second-order valence-corrected chi connectivity index (χ2v) is 5.06. The van der Waals surface area contributed by atoms with E-state index < -0.39 is 5.60 Å². The van der Waals surface area contributed by atoms with Crippen molar-refractivity contribution in [2.24, 2.45) is 0 Å².